The number of aliphatic hydroxyl groups excluding tert-OH is 2. The number of aromatic nitrogens is 2. The molecule has 0 saturated carbocycles. The fraction of sp³-hybridized carbons (Fsp3) is 0.333. The average Bonchev–Trinajstić information content (AvgIpc) is 2.97. The number of nitrogens with zero attached hydrogens (tertiary/aromatic N) is 1. The Labute approximate surface area is 190 Å². The molecular formula is C18H15ClFN2O8PS. The molecule has 1 saturated heterocycles. The van der Waals surface area contributed by atoms with Crippen LogP contribution in [0.5, 0.6) is 5.75 Å². The summed E-state index contributed by atoms with van der Waals surface area (Å²) in [7, 11) is -4.28. The number of H-pyrrole nitrogens is 1. The molecule has 2 aliphatic rings. The lowest BCUT2D eigenvalue weighted by Crippen LogP contribution is -2.43. The van der Waals surface area contributed by atoms with Gasteiger partial charge < -0.3 is 19.5 Å². The number of terminal acetylenes is 1. The van der Waals surface area contributed by atoms with Crippen molar-refractivity contribution in [1.29, 1.82) is 0 Å². The van der Waals surface area contributed by atoms with Crippen LogP contribution in [0.25, 0.3) is 0 Å². The number of phosphoric ester groups is 1. The van der Waals surface area contributed by atoms with Crippen molar-refractivity contribution >= 4 is 31.6 Å². The first-order valence-corrected chi connectivity index (χ1v) is 11.2. The van der Waals surface area contributed by atoms with E-state index in [2.05, 4.69) is 10.9 Å². The lowest BCUT2D eigenvalue weighted by molar-refractivity contribution is -0.205. The first kappa shape index (κ1) is 23.1. The summed E-state index contributed by atoms with van der Waals surface area (Å²) in [6, 6.07) is 4.49. The van der Waals surface area contributed by atoms with E-state index in [-0.39, 0.29) is 22.7 Å². The minimum absolute atomic E-state index is 0.163. The van der Waals surface area contributed by atoms with Crippen LogP contribution in [0.2, 0.25) is 5.02 Å². The zero-order chi connectivity index (χ0) is 23.3. The van der Waals surface area contributed by atoms with Crippen LogP contribution in [0.1, 0.15) is 17.4 Å². The maximum atomic E-state index is 15.4. The molecule has 3 N–H and O–H groups in total. The fourth-order valence-electron chi connectivity index (χ4n) is 3.14. The Bertz CT molecular complexity index is 1280. The molecule has 1 fully saturated rings. The second-order valence-electron chi connectivity index (χ2n) is 6.92. The van der Waals surface area contributed by atoms with Gasteiger partial charge in [-0.25, -0.2) is 8.96 Å². The second kappa shape index (κ2) is 8.37. The molecule has 2 aromatic rings. The highest BCUT2D eigenvalue weighted by Gasteiger charge is 2.57. The summed E-state index contributed by atoms with van der Waals surface area (Å²) in [6.45, 7) is -1.30. The third-order valence-electron chi connectivity index (χ3n) is 4.80. The van der Waals surface area contributed by atoms with E-state index in [1.165, 1.54) is 12.1 Å². The quantitative estimate of drug-likeness (QED) is 0.325. The third kappa shape index (κ3) is 4.14. The Kier molecular flexibility index (Phi) is 6.04. The minimum atomic E-state index is -4.28. The Balaban J connectivity index is 1.53. The molecule has 5 atom stereocenters. The molecule has 0 spiro atoms. The normalized spacial score (nSPS) is 31.5. The Morgan fingerprint density at radius 1 is 1.50 bits per heavy atom. The zero-order valence-electron chi connectivity index (χ0n) is 15.9. The molecule has 14 heteroatoms. The van der Waals surface area contributed by atoms with Gasteiger partial charge in [0.15, 0.2) is 11.0 Å². The van der Waals surface area contributed by atoms with E-state index in [0.717, 1.165) is 10.8 Å². The molecule has 1 aromatic carbocycles. The van der Waals surface area contributed by atoms with Gasteiger partial charge in [0, 0.05) is 16.8 Å². The highest BCUT2D eigenvalue weighted by atomic mass is 35.5. The molecule has 10 nitrogen and oxygen atoms in total. The van der Waals surface area contributed by atoms with Crippen LogP contribution in [0.3, 0.4) is 0 Å². The van der Waals surface area contributed by atoms with Gasteiger partial charge in [0.25, 0.3) is 11.4 Å². The minimum Gasteiger partial charge on any atom is -0.404 e. The van der Waals surface area contributed by atoms with Gasteiger partial charge in [-0.15, -0.1) is 6.42 Å². The summed E-state index contributed by atoms with van der Waals surface area (Å²) >= 11 is 10.9. The lowest BCUT2D eigenvalue weighted by Gasteiger charge is -2.28. The first-order valence-electron chi connectivity index (χ1n) is 8.97. The van der Waals surface area contributed by atoms with Crippen molar-refractivity contribution in [1.82, 2.24) is 9.55 Å². The molecule has 0 bridgehead atoms. The van der Waals surface area contributed by atoms with E-state index in [1.54, 1.807) is 6.07 Å². The van der Waals surface area contributed by atoms with Gasteiger partial charge in [-0.1, -0.05) is 17.5 Å². The number of alkyl halides is 1. The maximum absolute atomic E-state index is 15.4. The Morgan fingerprint density at radius 2 is 2.25 bits per heavy atom. The monoisotopic (exact) mass is 504 g/mol. The molecule has 3 heterocycles. The average molecular weight is 505 g/mol. The van der Waals surface area contributed by atoms with Crippen molar-refractivity contribution < 1.29 is 37.5 Å². The van der Waals surface area contributed by atoms with E-state index < -0.39 is 44.3 Å². The van der Waals surface area contributed by atoms with Gasteiger partial charge in [-0.2, -0.15) is 0 Å². The number of nitrogens with one attached hydrogen (secondary N) is 1. The molecule has 1 aromatic heterocycles. The number of fused-ring (bicyclic) bond motifs is 1. The number of ether oxygens (including phenoxy) is 1. The van der Waals surface area contributed by atoms with E-state index in [0.29, 0.717) is 10.6 Å². The van der Waals surface area contributed by atoms with Gasteiger partial charge in [-0.3, -0.25) is 23.4 Å². The summed E-state index contributed by atoms with van der Waals surface area (Å²) in [5.74, 6) is -0.751. The van der Waals surface area contributed by atoms with Gasteiger partial charge in [0.1, 0.15) is 30.1 Å². The molecule has 32 heavy (non-hydrogen) atoms. The van der Waals surface area contributed by atoms with Crippen molar-refractivity contribution in [2.45, 2.75) is 30.9 Å². The molecule has 0 radical (unpaired) electrons. The topological polar surface area (TPSA) is 132 Å². The van der Waals surface area contributed by atoms with Crippen molar-refractivity contribution in [2.24, 2.45) is 0 Å². The van der Waals surface area contributed by atoms with Crippen LogP contribution in [0, 0.1) is 17.1 Å². The van der Waals surface area contributed by atoms with Crippen LogP contribution in [-0.2, 0) is 25.0 Å². The number of benzene rings is 1. The molecule has 2 aliphatic heterocycles. The van der Waals surface area contributed by atoms with Crippen LogP contribution in [0.15, 0.2) is 29.2 Å². The summed E-state index contributed by atoms with van der Waals surface area (Å²) in [4.78, 5) is 14.0. The molecule has 4 rings (SSSR count). The molecule has 1 unspecified atom stereocenters. The van der Waals surface area contributed by atoms with Crippen molar-refractivity contribution in [3.05, 3.63) is 55.7 Å². The zero-order valence-corrected chi connectivity index (χ0v) is 18.4. The standard InChI is InChI=1S/C18H15ClFN2O8PS/c1-2-9-6-22(17(32)21-15(9)25)16-13(23)14(24)18(20,29-16)8-28-31(26)27-7-10-5-11(19)3-4-12(10)30-31/h1,3-6,13-14,16,23-24H,7-8H2,(H,21,25,32)/t13-,14+,16-,18-,31?/m1/s1. The predicted octanol–water partition coefficient (Wildman–Crippen LogP) is 2.19. The van der Waals surface area contributed by atoms with E-state index in [1.807, 2.05) is 0 Å². The molecule has 0 aliphatic carbocycles. The number of hydrogen-bond acceptors (Lipinski definition) is 9. The number of aliphatic hydroxyl groups is 2. The summed E-state index contributed by atoms with van der Waals surface area (Å²) in [5, 5.41) is 21.0. The summed E-state index contributed by atoms with van der Waals surface area (Å²) in [6.07, 6.45) is 0.754. The van der Waals surface area contributed by atoms with E-state index in [4.69, 9.17) is 48.6 Å². The van der Waals surface area contributed by atoms with Gasteiger partial charge >= 0.3 is 7.82 Å². The second-order valence-corrected chi connectivity index (χ2v) is 9.34. The van der Waals surface area contributed by atoms with Gasteiger partial charge in [0.05, 0.1) is 6.61 Å². The molecular weight excluding hydrogens is 490 g/mol. The fourth-order valence-corrected chi connectivity index (χ4v) is 4.82. The SMILES string of the molecule is C#Cc1cn([C@@H]2O[C@](F)(COP3(=O)OCc4cc(Cl)ccc4O3)[C@@H](O)[C@H]2O)c(=S)[nH]c1=O. The first-order chi connectivity index (χ1) is 15.0. The van der Waals surface area contributed by atoms with Crippen LogP contribution >= 0.6 is 31.6 Å². The Morgan fingerprint density at radius 3 is 2.97 bits per heavy atom. The number of rotatable bonds is 4. The number of phosphoric acid groups is 1. The number of hydrogen-bond donors (Lipinski definition) is 3. The summed E-state index contributed by atoms with van der Waals surface area (Å²) in [5.41, 5.74) is -0.321. The lowest BCUT2D eigenvalue weighted by atomic mass is 10.1. The van der Waals surface area contributed by atoms with Crippen LogP contribution in [0.4, 0.5) is 4.39 Å². The third-order valence-corrected chi connectivity index (χ3v) is 6.66. The van der Waals surface area contributed by atoms with Crippen molar-refractivity contribution in [3.63, 3.8) is 0 Å². The highest BCUT2D eigenvalue weighted by molar-refractivity contribution is 7.71. The Hall–Kier alpha value is -2.07. The maximum Gasteiger partial charge on any atom is 0.530 e. The molecule has 0 amide bonds. The van der Waals surface area contributed by atoms with Crippen LogP contribution in [-0.4, -0.2) is 44.4 Å². The number of aromatic amines is 1. The van der Waals surface area contributed by atoms with E-state index >= 15 is 4.39 Å². The van der Waals surface area contributed by atoms with Gasteiger partial charge in [0.2, 0.25) is 0 Å². The predicted molar refractivity (Wildman–Crippen MR) is 110 cm³/mol. The van der Waals surface area contributed by atoms with Crippen molar-refractivity contribution in [2.75, 3.05) is 6.61 Å². The van der Waals surface area contributed by atoms with Gasteiger partial charge in [-0.05, 0) is 30.4 Å². The van der Waals surface area contributed by atoms with Crippen molar-refractivity contribution in [3.8, 4) is 18.1 Å². The smallest absolute Gasteiger partial charge is 0.404 e. The van der Waals surface area contributed by atoms with Crippen LogP contribution < -0.4 is 10.1 Å². The highest BCUT2D eigenvalue weighted by Crippen LogP contribution is 2.56. The van der Waals surface area contributed by atoms with E-state index in [9.17, 15) is 19.6 Å². The molecule has 170 valence electrons. The summed E-state index contributed by atoms with van der Waals surface area (Å²) < 4.78 is 49.4. The largest absolute Gasteiger partial charge is 0.530 e. The number of halogens is 2.